The molecule has 1 heterocycles. The van der Waals surface area contributed by atoms with E-state index in [1.807, 2.05) is 26.0 Å². The van der Waals surface area contributed by atoms with Crippen LogP contribution >= 0.6 is 0 Å². The van der Waals surface area contributed by atoms with Crippen LogP contribution < -0.4 is 4.72 Å². The van der Waals surface area contributed by atoms with Crippen molar-refractivity contribution in [3.63, 3.8) is 0 Å². The molecule has 0 fully saturated rings. The minimum Gasteiger partial charge on any atom is -0.261 e. The molecule has 0 saturated heterocycles. The van der Waals surface area contributed by atoms with E-state index in [-0.39, 0.29) is 33.4 Å². The fourth-order valence-corrected chi connectivity index (χ4v) is 3.65. The average Bonchev–Trinajstić information content (AvgIpc) is 3.09. The van der Waals surface area contributed by atoms with Gasteiger partial charge in [-0.05, 0) is 41.8 Å². The van der Waals surface area contributed by atoms with E-state index in [0.29, 0.717) is 0 Å². The van der Waals surface area contributed by atoms with Gasteiger partial charge < -0.3 is 0 Å². The monoisotopic (exact) mass is 409 g/mol. The molecular formula is C20H16FN5O2S. The number of benzene rings is 2. The minimum atomic E-state index is -3.99. The van der Waals surface area contributed by atoms with Gasteiger partial charge in [0.25, 0.3) is 10.0 Å². The van der Waals surface area contributed by atoms with E-state index < -0.39 is 15.8 Å². The fourth-order valence-electron chi connectivity index (χ4n) is 2.63. The van der Waals surface area contributed by atoms with Gasteiger partial charge in [0.1, 0.15) is 23.1 Å². The number of hydrogen-bond donors (Lipinski definition) is 1. The molecule has 0 aliphatic rings. The first-order valence-corrected chi connectivity index (χ1v) is 10.1. The molecule has 2 aromatic carbocycles. The molecule has 0 radical (unpaired) electrons. The molecule has 0 aliphatic carbocycles. The Morgan fingerprint density at radius 1 is 1.10 bits per heavy atom. The van der Waals surface area contributed by atoms with Crippen LogP contribution in [0.2, 0.25) is 0 Å². The molecular weight excluding hydrogens is 393 g/mol. The van der Waals surface area contributed by atoms with Gasteiger partial charge in [-0.25, -0.2) is 17.5 Å². The van der Waals surface area contributed by atoms with Gasteiger partial charge in [0.15, 0.2) is 5.82 Å². The van der Waals surface area contributed by atoms with Crippen LogP contribution in [0.5, 0.6) is 0 Å². The Hall–Kier alpha value is -3.69. The molecule has 3 rings (SSSR count). The number of aromatic nitrogens is 2. The summed E-state index contributed by atoms with van der Waals surface area (Å²) in [5, 5.41) is 22.2. The highest BCUT2D eigenvalue weighted by molar-refractivity contribution is 7.92. The van der Waals surface area contributed by atoms with Crippen molar-refractivity contribution >= 4 is 15.8 Å². The molecule has 3 aromatic rings. The first-order chi connectivity index (χ1) is 13.7. The van der Waals surface area contributed by atoms with Crippen LogP contribution in [0.3, 0.4) is 0 Å². The molecule has 29 heavy (non-hydrogen) atoms. The number of halogens is 1. The summed E-state index contributed by atoms with van der Waals surface area (Å²) in [5.74, 6) is -0.693. The Bertz CT molecular complexity index is 1250. The number of anilines is 1. The first kappa shape index (κ1) is 20.1. The molecule has 0 saturated carbocycles. The summed E-state index contributed by atoms with van der Waals surface area (Å²) in [6.07, 6.45) is 1.21. The fraction of sp³-hybridized carbons (Fsp3) is 0.150. The van der Waals surface area contributed by atoms with Gasteiger partial charge in [0, 0.05) is 0 Å². The molecule has 146 valence electrons. The second-order valence-electron chi connectivity index (χ2n) is 6.55. The second-order valence-corrected chi connectivity index (χ2v) is 8.24. The summed E-state index contributed by atoms with van der Waals surface area (Å²) >= 11 is 0. The lowest BCUT2D eigenvalue weighted by Crippen LogP contribution is -2.14. The van der Waals surface area contributed by atoms with E-state index in [0.717, 1.165) is 16.3 Å². The average molecular weight is 409 g/mol. The molecule has 0 amide bonds. The van der Waals surface area contributed by atoms with Crippen LogP contribution in [0.1, 0.15) is 36.5 Å². The summed E-state index contributed by atoms with van der Waals surface area (Å²) in [6, 6.07) is 13.8. The number of nitrogens with one attached hydrogen (secondary N) is 1. The standard InChI is InChI=1S/C20H16FN5O2S/c1-13(2)15-4-6-17(7-5-15)29(27,28)25-20-16(11-23)12-26(24-20)19-8-3-14(10-22)9-18(19)21/h3-9,12-13H,1-2H3,(H,24,25). The maximum atomic E-state index is 14.2. The van der Waals surface area contributed by atoms with E-state index in [9.17, 15) is 18.1 Å². The Kier molecular flexibility index (Phi) is 5.35. The number of sulfonamides is 1. The SMILES string of the molecule is CC(C)c1ccc(S(=O)(=O)Nc2nn(-c3ccc(C#N)cc3F)cc2C#N)cc1. The van der Waals surface area contributed by atoms with Crippen molar-refractivity contribution in [2.24, 2.45) is 0 Å². The zero-order valence-corrected chi connectivity index (χ0v) is 16.4. The largest absolute Gasteiger partial charge is 0.263 e. The Morgan fingerprint density at radius 3 is 2.34 bits per heavy atom. The number of nitriles is 2. The zero-order chi connectivity index (χ0) is 21.2. The normalized spacial score (nSPS) is 11.1. The van der Waals surface area contributed by atoms with Gasteiger partial charge in [-0.15, -0.1) is 5.10 Å². The Morgan fingerprint density at radius 2 is 1.79 bits per heavy atom. The molecule has 0 spiro atoms. The van der Waals surface area contributed by atoms with Crippen molar-refractivity contribution in [1.29, 1.82) is 10.5 Å². The highest BCUT2D eigenvalue weighted by Crippen LogP contribution is 2.23. The lowest BCUT2D eigenvalue weighted by Gasteiger charge is -2.09. The van der Waals surface area contributed by atoms with Crippen LogP contribution in [0.15, 0.2) is 53.6 Å². The van der Waals surface area contributed by atoms with Crippen LogP contribution in [-0.2, 0) is 10.0 Å². The third-order valence-corrected chi connectivity index (χ3v) is 5.60. The number of nitrogens with zero attached hydrogens (tertiary/aromatic N) is 4. The summed E-state index contributed by atoms with van der Waals surface area (Å²) in [6.45, 7) is 3.99. The topological polar surface area (TPSA) is 112 Å². The second kappa shape index (κ2) is 7.74. The third-order valence-electron chi connectivity index (χ3n) is 4.25. The molecule has 1 N–H and O–H groups in total. The molecule has 7 nitrogen and oxygen atoms in total. The zero-order valence-electron chi connectivity index (χ0n) is 15.6. The van der Waals surface area contributed by atoms with Gasteiger partial charge in [-0.2, -0.15) is 10.5 Å². The molecule has 0 unspecified atom stereocenters. The summed E-state index contributed by atoms with van der Waals surface area (Å²) in [7, 11) is -3.99. The highest BCUT2D eigenvalue weighted by Gasteiger charge is 2.20. The molecule has 9 heteroatoms. The van der Waals surface area contributed by atoms with E-state index in [1.165, 1.54) is 30.5 Å². The lowest BCUT2D eigenvalue weighted by atomic mass is 10.0. The van der Waals surface area contributed by atoms with Gasteiger partial charge in [0.2, 0.25) is 0 Å². The van der Waals surface area contributed by atoms with Crippen molar-refractivity contribution in [1.82, 2.24) is 9.78 Å². The Balaban J connectivity index is 1.96. The van der Waals surface area contributed by atoms with Gasteiger partial charge in [-0.3, -0.25) is 4.72 Å². The van der Waals surface area contributed by atoms with Crippen molar-refractivity contribution in [2.75, 3.05) is 4.72 Å². The van der Waals surface area contributed by atoms with E-state index in [2.05, 4.69) is 9.82 Å². The van der Waals surface area contributed by atoms with Crippen LogP contribution in [0, 0.1) is 28.5 Å². The maximum absolute atomic E-state index is 14.2. The molecule has 0 atom stereocenters. The van der Waals surface area contributed by atoms with Gasteiger partial charge in [0.05, 0.1) is 22.7 Å². The predicted molar refractivity (Wildman–Crippen MR) is 104 cm³/mol. The van der Waals surface area contributed by atoms with E-state index in [1.54, 1.807) is 12.1 Å². The first-order valence-electron chi connectivity index (χ1n) is 8.57. The summed E-state index contributed by atoms with van der Waals surface area (Å²) in [5.41, 5.74) is 1.02. The van der Waals surface area contributed by atoms with Crippen molar-refractivity contribution in [3.05, 3.63) is 71.2 Å². The minimum absolute atomic E-state index is 0.0184. The van der Waals surface area contributed by atoms with Crippen LogP contribution in [0.4, 0.5) is 10.2 Å². The van der Waals surface area contributed by atoms with Gasteiger partial charge >= 0.3 is 0 Å². The molecule has 0 aliphatic heterocycles. The number of rotatable bonds is 5. The van der Waals surface area contributed by atoms with Crippen LogP contribution in [0.25, 0.3) is 5.69 Å². The quantitative estimate of drug-likeness (QED) is 0.691. The third kappa shape index (κ3) is 4.10. The maximum Gasteiger partial charge on any atom is 0.263 e. The van der Waals surface area contributed by atoms with Crippen molar-refractivity contribution in [2.45, 2.75) is 24.7 Å². The predicted octanol–water partition coefficient (Wildman–Crippen LogP) is 3.68. The van der Waals surface area contributed by atoms with E-state index in [4.69, 9.17) is 5.26 Å². The molecule has 1 aromatic heterocycles. The number of hydrogen-bond acceptors (Lipinski definition) is 5. The van der Waals surface area contributed by atoms with Crippen molar-refractivity contribution in [3.8, 4) is 17.8 Å². The summed E-state index contributed by atoms with van der Waals surface area (Å²) in [4.78, 5) is 0.0184. The smallest absolute Gasteiger partial charge is 0.261 e. The highest BCUT2D eigenvalue weighted by atomic mass is 32.2. The van der Waals surface area contributed by atoms with Crippen LogP contribution in [-0.4, -0.2) is 18.2 Å². The molecule has 0 bridgehead atoms. The van der Waals surface area contributed by atoms with Crippen molar-refractivity contribution < 1.29 is 12.8 Å². The Labute approximate surface area is 167 Å². The van der Waals surface area contributed by atoms with E-state index >= 15 is 0 Å². The summed E-state index contributed by atoms with van der Waals surface area (Å²) < 4.78 is 42.9. The van der Waals surface area contributed by atoms with Gasteiger partial charge in [-0.1, -0.05) is 26.0 Å². The lowest BCUT2D eigenvalue weighted by molar-refractivity contribution is 0.600.